The molecule has 1 heterocycles. The molecule has 2 aromatic rings. The summed E-state index contributed by atoms with van der Waals surface area (Å²) in [7, 11) is 0. The maximum atomic E-state index is 6.49. The SMILES string of the molecule is CC(CN1CCN(CCOC(c2ccccc2)c2ccccc2)CC1)C12CC3CC(CC(C3)C1)C2. The normalized spacial score (nSPS) is 31.8. The zero-order valence-corrected chi connectivity index (χ0v) is 21.7. The summed E-state index contributed by atoms with van der Waals surface area (Å²) in [4.78, 5) is 5.39. The molecule has 0 radical (unpaired) electrons. The maximum Gasteiger partial charge on any atom is 0.108 e. The van der Waals surface area contributed by atoms with Gasteiger partial charge >= 0.3 is 0 Å². The third-order valence-electron chi connectivity index (χ3n) is 10.0. The predicted octanol–water partition coefficient (Wildman–Crippen LogP) is 6.26. The molecular formula is C32H44N2O. The van der Waals surface area contributed by atoms with E-state index in [9.17, 15) is 0 Å². The average molecular weight is 473 g/mol. The van der Waals surface area contributed by atoms with E-state index in [4.69, 9.17) is 4.74 Å². The molecule has 4 bridgehead atoms. The topological polar surface area (TPSA) is 15.7 Å². The lowest BCUT2D eigenvalue weighted by atomic mass is 9.46. The van der Waals surface area contributed by atoms with Gasteiger partial charge in [0.25, 0.3) is 0 Å². The molecule has 4 aliphatic carbocycles. The predicted molar refractivity (Wildman–Crippen MR) is 143 cm³/mol. The standard InChI is InChI=1S/C32H44N2O/c1-25(32-21-26-18-27(22-32)20-28(19-26)23-32)24-34-14-12-33(13-15-34)16-17-35-31(29-8-4-2-5-9-29)30-10-6-3-7-11-30/h2-11,25-28,31H,12-24H2,1H3. The van der Waals surface area contributed by atoms with Crippen LogP contribution in [-0.2, 0) is 4.74 Å². The fourth-order valence-electron chi connectivity index (χ4n) is 8.50. The minimum atomic E-state index is 0.0137. The van der Waals surface area contributed by atoms with Gasteiger partial charge in [-0.1, -0.05) is 67.6 Å². The van der Waals surface area contributed by atoms with Gasteiger partial charge in [-0.25, -0.2) is 0 Å². The van der Waals surface area contributed by atoms with Crippen molar-refractivity contribution in [3.8, 4) is 0 Å². The Labute approximate surface area is 212 Å². The Balaban J connectivity index is 0.978. The Kier molecular flexibility index (Phi) is 7.02. The highest BCUT2D eigenvalue weighted by Crippen LogP contribution is 2.62. The van der Waals surface area contributed by atoms with E-state index >= 15 is 0 Å². The molecule has 0 spiro atoms. The molecule has 1 aliphatic heterocycles. The first-order chi connectivity index (χ1) is 17.2. The van der Waals surface area contributed by atoms with Crippen molar-refractivity contribution < 1.29 is 4.74 Å². The minimum absolute atomic E-state index is 0.0137. The van der Waals surface area contributed by atoms with Crippen molar-refractivity contribution in [2.24, 2.45) is 29.1 Å². The second kappa shape index (κ2) is 10.4. The quantitative estimate of drug-likeness (QED) is 0.428. The molecule has 0 N–H and O–H groups in total. The Morgan fingerprint density at radius 1 is 0.743 bits per heavy atom. The van der Waals surface area contributed by atoms with Gasteiger partial charge in [0.15, 0.2) is 0 Å². The molecule has 0 amide bonds. The van der Waals surface area contributed by atoms with Gasteiger partial charge in [0.2, 0.25) is 0 Å². The largest absolute Gasteiger partial charge is 0.367 e. The number of benzene rings is 2. The van der Waals surface area contributed by atoms with E-state index < -0.39 is 0 Å². The molecule has 7 rings (SSSR count). The van der Waals surface area contributed by atoms with Crippen LogP contribution in [-0.4, -0.2) is 55.7 Å². The fraction of sp³-hybridized carbons (Fsp3) is 0.625. The van der Waals surface area contributed by atoms with Crippen molar-refractivity contribution >= 4 is 0 Å². The van der Waals surface area contributed by atoms with Crippen LogP contribution >= 0.6 is 0 Å². The van der Waals surface area contributed by atoms with E-state index in [1.54, 1.807) is 38.5 Å². The fourth-order valence-corrected chi connectivity index (χ4v) is 8.50. The minimum Gasteiger partial charge on any atom is -0.367 e. The number of piperazine rings is 1. The van der Waals surface area contributed by atoms with Gasteiger partial charge in [-0.15, -0.1) is 0 Å². The second-order valence-corrected chi connectivity index (χ2v) is 12.4. The number of nitrogens with zero attached hydrogens (tertiary/aromatic N) is 2. The summed E-state index contributed by atoms with van der Waals surface area (Å²) in [5, 5.41) is 0. The van der Waals surface area contributed by atoms with Gasteiger partial charge in [0.1, 0.15) is 6.10 Å². The maximum absolute atomic E-state index is 6.49. The molecule has 2 aromatic carbocycles. The van der Waals surface area contributed by atoms with Crippen molar-refractivity contribution in [1.82, 2.24) is 9.80 Å². The zero-order valence-electron chi connectivity index (χ0n) is 21.7. The number of ether oxygens (including phenoxy) is 1. The second-order valence-electron chi connectivity index (χ2n) is 12.4. The lowest BCUT2D eigenvalue weighted by molar-refractivity contribution is -0.0905. The van der Waals surface area contributed by atoms with Crippen LogP contribution < -0.4 is 0 Å². The van der Waals surface area contributed by atoms with Crippen LogP contribution in [0.4, 0.5) is 0 Å². The third kappa shape index (κ3) is 5.24. The van der Waals surface area contributed by atoms with Gasteiger partial charge < -0.3 is 9.64 Å². The molecule has 5 aliphatic rings. The molecule has 0 aromatic heterocycles. The molecule has 188 valence electrons. The van der Waals surface area contributed by atoms with E-state index in [1.807, 2.05) is 0 Å². The molecule has 3 heteroatoms. The van der Waals surface area contributed by atoms with Crippen LogP contribution in [0.3, 0.4) is 0 Å². The first-order valence-corrected chi connectivity index (χ1v) is 14.3. The van der Waals surface area contributed by atoms with E-state index in [2.05, 4.69) is 77.4 Å². The summed E-state index contributed by atoms with van der Waals surface area (Å²) < 4.78 is 6.49. The number of rotatable bonds is 9. The summed E-state index contributed by atoms with van der Waals surface area (Å²) in [6.45, 7) is 10.5. The van der Waals surface area contributed by atoms with Crippen molar-refractivity contribution in [2.45, 2.75) is 51.6 Å². The first-order valence-electron chi connectivity index (χ1n) is 14.3. The summed E-state index contributed by atoms with van der Waals surface area (Å²) >= 11 is 0. The van der Waals surface area contributed by atoms with Crippen molar-refractivity contribution in [3.63, 3.8) is 0 Å². The summed E-state index contributed by atoms with van der Waals surface area (Å²) in [6, 6.07) is 21.3. The van der Waals surface area contributed by atoms with Crippen LogP contribution in [0.5, 0.6) is 0 Å². The van der Waals surface area contributed by atoms with Gasteiger partial charge in [0, 0.05) is 39.3 Å². The number of hydrogen-bond acceptors (Lipinski definition) is 3. The van der Waals surface area contributed by atoms with E-state index in [0.29, 0.717) is 5.41 Å². The summed E-state index contributed by atoms with van der Waals surface area (Å²) in [5.74, 6) is 4.06. The van der Waals surface area contributed by atoms with Crippen molar-refractivity contribution in [1.29, 1.82) is 0 Å². The molecule has 35 heavy (non-hydrogen) atoms. The van der Waals surface area contributed by atoms with E-state index in [0.717, 1.165) is 36.8 Å². The molecule has 1 unspecified atom stereocenters. The van der Waals surface area contributed by atoms with Crippen LogP contribution in [0.25, 0.3) is 0 Å². The van der Waals surface area contributed by atoms with Crippen LogP contribution in [0.1, 0.15) is 62.7 Å². The molecular weight excluding hydrogens is 428 g/mol. The Morgan fingerprint density at radius 2 is 1.23 bits per heavy atom. The van der Waals surface area contributed by atoms with Crippen molar-refractivity contribution in [2.75, 3.05) is 45.9 Å². The molecule has 1 atom stereocenters. The average Bonchev–Trinajstić information content (AvgIpc) is 2.88. The Morgan fingerprint density at radius 3 is 1.74 bits per heavy atom. The lowest BCUT2D eigenvalue weighted by Gasteiger charge is -2.59. The van der Waals surface area contributed by atoms with Crippen LogP contribution in [0.2, 0.25) is 0 Å². The lowest BCUT2D eigenvalue weighted by Crippen LogP contribution is -2.53. The zero-order chi connectivity index (χ0) is 23.7. The first kappa shape index (κ1) is 23.7. The smallest absolute Gasteiger partial charge is 0.108 e. The summed E-state index contributed by atoms with van der Waals surface area (Å²) in [5.41, 5.74) is 3.16. The van der Waals surface area contributed by atoms with Gasteiger partial charge in [-0.2, -0.15) is 0 Å². The highest BCUT2D eigenvalue weighted by atomic mass is 16.5. The Hall–Kier alpha value is -1.68. The molecule has 5 fully saturated rings. The molecule has 4 saturated carbocycles. The highest BCUT2D eigenvalue weighted by Gasteiger charge is 2.53. The third-order valence-corrected chi connectivity index (χ3v) is 10.0. The van der Waals surface area contributed by atoms with Crippen molar-refractivity contribution in [3.05, 3.63) is 71.8 Å². The highest BCUT2D eigenvalue weighted by molar-refractivity contribution is 5.29. The van der Waals surface area contributed by atoms with E-state index in [-0.39, 0.29) is 6.10 Å². The number of hydrogen-bond donors (Lipinski definition) is 0. The van der Waals surface area contributed by atoms with Gasteiger partial charge in [0.05, 0.1) is 6.61 Å². The Bertz CT molecular complexity index is 862. The van der Waals surface area contributed by atoms with Crippen LogP contribution in [0, 0.1) is 29.1 Å². The molecule has 1 saturated heterocycles. The van der Waals surface area contributed by atoms with Gasteiger partial charge in [-0.3, -0.25) is 4.90 Å². The monoisotopic (exact) mass is 472 g/mol. The molecule has 3 nitrogen and oxygen atoms in total. The summed E-state index contributed by atoms with van der Waals surface area (Å²) in [6.07, 6.45) is 9.32. The van der Waals surface area contributed by atoms with Gasteiger partial charge in [-0.05, 0) is 78.7 Å². The van der Waals surface area contributed by atoms with Crippen LogP contribution in [0.15, 0.2) is 60.7 Å². The van der Waals surface area contributed by atoms with E-state index in [1.165, 1.54) is 43.9 Å².